The second-order valence-electron chi connectivity index (χ2n) is 13.7. The molecule has 1 aromatic heterocycles. The Balaban J connectivity index is 1.29. The third-order valence-electron chi connectivity index (χ3n) is 10.6. The predicted molar refractivity (Wildman–Crippen MR) is 229 cm³/mol. The summed E-state index contributed by atoms with van der Waals surface area (Å²) < 4.78 is 2.40. The van der Waals surface area contributed by atoms with E-state index in [9.17, 15) is 0 Å². The summed E-state index contributed by atoms with van der Waals surface area (Å²) in [4.78, 5) is 2.49. The van der Waals surface area contributed by atoms with Crippen molar-refractivity contribution in [1.82, 2.24) is 4.57 Å². The zero-order chi connectivity index (χ0) is 35.8. The highest BCUT2D eigenvalue weighted by molar-refractivity contribution is 6.17. The van der Waals surface area contributed by atoms with Gasteiger partial charge in [-0.3, -0.25) is 0 Å². The van der Waals surface area contributed by atoms with Crippen molar-refractivity contribution < 1.29 is 0 Å². The maximum absolute atomic E-state index is 2.49. The number of aromatic nitrogens is 1. The van der Waals surface area contributed by atoms with Crippen LogP contribution in [-0.4, -0.2) is 4.57 Å². The van der Waals surface area contributed by atoms with Crippen molar-refractivity contribution in [3.63, 3.8) is 0 Å². The van der Waals surface area contributed by atoms with Crippen LogP contribution in [0.2, 0.25) is 0 Å². The molecule has 0 unspecified atom stereocenters. The van der Waals surface area contributed by atoms with E-state index in [1.165, 1.54) is 60.4 Å². The summed E-state index contributed by atoms with van der Waals surface area (Å²) in [5, 5.41) is 4.93. The Morgan fingerprint density at radius 2 is 0.759 bits per heavy atom. The summed E-state index contributed by atoms with van der Waals surface area (Å²) in [6, 6.07) is 78.9. The Hall–Kier alpha value is -7.16. The third-order valence-corrected chi connectivity index (χ3v) is 10.6. The Morgan fingerprint density at radius 3 is 1.50 bits per heavy atom. The zero-order valence-electron chi connectivity index (χ0n) is 29.7. The lowest BCUT2D eigenvalue weighted by Gasteiger charge is -2.32. The minimum atomic E-state index is 1.11. The highest BCUT2D eigenvalue weighted by atomic mass is 15.1. The van der Waals surface area contributed by atoms with Crippen LogP contribution >= 0.6 is 0 Å². The van der Waals surface area contributed by atoms with E-state index in [2.05, 4.69) is 228 Å². The van der Waals surface area contributed by atoms with Crippen molar-refractivity contribution in [3.05, 3.63) is 218 Å². The molecule has 0 aliphatic carbocycles. The number of nitrogens with zero attached hydrogens (tertiary/aromatic N) is 2. The normalized spacial score (nSPS) is 11.3. The largest absolute Gasteiger partial charge is 0.309 e. The quantitative estimate of drug-likeness (QED) is 0.162. The van der Waals surface area contributed by atoms with E-state index in [0.29, 0.717) is 0 Å². The molecule has 0 saturated carbocycles. The van der Waals surface area contributed by atoms with Crippen LogP contribution in [0.4, 0.5) is 17.1 Å². The van der Waals surface area contributed by atoms with Gasteiger partial charge >= 0.3 is 0 Å². The molecule has 254 valence electrons. The molecule has 2 nitrogen and oxygen atoms in total. The van der Waals surface area contributed by atoms with Gasteiger partial charge in [0, 0.05) is 33.2 Å². The van der Waals surface area contributed by atoms with Gasteiger partial charge in [0.25, 0.3) is 0 Å². The summed E-state index contributed by atoms with van der Waals surface area (Å²) in [7, 11) is 0. The van der Waals surface area contributed by atoms with Gasteiger partial charge in [-0.15, -0.1) is 0 Å². The molecule has 0 amide bonds. The number of rotatable bonds is 7. The molecule has 0 aliphatic heterocycles. The topological polar surface area (TPSA) is 8.17 Å². The van der Waals surface area contributed by atoms with Crippen molar-refractivity contribution in [2.75, 3.05) is 4.90 Å². The molecule has 0 aliphatic rings. The number of para-hydroxylation sites is 5. The van der Waals surface area contributed by atoms with Crippen LogP contribution < -0.4 is 4.90 Å². The lowest BCUT2D eigenvalue weighted by atomic mass is 9.93. The number of benzene rings is 9. The Bertz CT molecular complexity index is 2930. The molecule has 2 heteroatoms. The van der Waals surface area contributed by atoms with Gasteiger partial charge in [0.2, 0.25) is 0 Å². The van der Waals surface area contributed by atoms with E-state index < -0.39 is 0 Å². The summed E-state index contributed by atoms with van der Waals surface area (Å²) in [6.45, 7) is 0. The van der Waals surface area contributed by atoms with E-state index in [0.717, 1.165) is 28.3 Å². The second-order valence-corrected chi connectivity index (χ2v) is 13.7. The van der Waals surface area contributed by atoms with Crippen molar-refractivity contribution in [2.45, 2.75) is 0 Å². The Labute approximate surface area is 315 Å². The second kappa shape index (κ2) is 13.4. The summed E-state index contributed by atoms with van der Waals surface area (Å²) in [5.41, 5.74) is 13.9. The Morgan fingerprint density at radius 1 is 0.296 bits per heavy atom. The summed E-state index contributed by atoms with van der Waals surface area (Å²) in [5.74, 6) is 0. The molecule has 0 saturated heterocycles. The maximum Gasteiger partial charge on any atom is 0.0547 e. The molecule has 54 heavy (non-hydrogen) atoms. The smallest absolute Gasteiger partial charge is 0.0547 e. The molecule has 9 aromatic carbocycles. The fraction of sp³-hybridized carbons (Fsp3) is 0. The van der Waals surface area contributed by atoms with Crippen LogP contribution in [0.3, 0.4) is 0 Å². The van der Waals surface area contributed by atoms with Gasteiger partial charge in [-0.2, -0.15) is 0 Å². The Kier molecular flexibility index (Phi) is 7.85. The van der Waals surface area contributed by atoms with Gasteiger partial charge in [0.15, 0.2) is 0 Å². The molecule has 0 bridgehead atoms. The van der Waals surface area contributed by atoms with Crippen molar-refractivity contribution in [1.29, 1.82) is 0 Å². The fourth-order valence-corrected chi connectivity index (χ4v) is 8.27. The molecule has 0 N–H and O–H groups in total. The first-order valence-electron chi connectivity index (χ1n) is 18.5. The highest BCUT2D eigenvalue weighted by Crippen LogP contribution is 2.50. The average Bonchev–Trinajstić information content (AvgIpc) is 3.59. The van der Waals surface area contributed by atoms with Crippen LogP contribution in [0.5, 0.6) is 0 Å². The third kappa shape index (κ3) is 5.27. The van der Waals surface area contributed by atoms with E-state index in [1.807, 2.05) is 0 Å². The summed E-state index contributed by atoms with van der Waals surface area (Å²) >= 11 is 0. The van der Waals surface area contributed by atoms with Gasteiger partial charge in [0.05, 0.1) is 28.1 Å². The minimum Gasteiger partial charge on any atom is -0.309 e. The molecule has 10 rings (SSSR count). The molecular weight excluding hydrogens is 653 g/mol. The lowest BCUT2D eigenvalue weighted by molar-refractivity contribution is 1.18. The van der Waals surface area contributed by atoms with E-state index >= 15 is 0 Å². The van der Waals surface area contributed by atoms with Crippen LogP contribution in [-0.2, 0) is 0 Å². The minimum absolute atomic E-state index is 1.11. The molecule has 10 aromatic rings. The van der Waals surface area contributed by atoms with Crippen molar-refractivity contribution >= 4 is 49.6 Å². The maximum atomic E-state index is 2.49. The molecule has 0 radical (unpaired) electrons. The number of fused-ring (bicyclic) bond motifs is 4. The summed E-state index contributed by atoms with van der Waals surface area (Å²) in [6.07, 6.45) is 0. The van der Waals surface area contributed by atoms with E-state index in [4.69, 9.17) is 0 Å². The van der Waals surface area contributed by atoms with E-state index in [1.54, 1.807) is 0 Å². The zero-order valence-corrected chi connectivity index (χ0v) is 29.7. The van der Waals surface area contributed by atoms with Crippen molar-refractivity contribution in [3.8, 4) is 39.1 Å². The van der Waals surface area contributed by atoms with Crippen LogP contribution in [0, 0.1) is 0 Å². The van der Waals surface area contributed by atoms with Gasteiger partial charge < -0.3 is 9.47 Å². The van der Waals surface area contributed by atoms with Gasteiger partial charge in [-0.1, -0.05) is 176 Å². The monoisotopic (exact) mass is 688 g/mol. The average molecular weight is 689 g/mol. The predicted octanol–water partition coefficient (Wildman–Crippen LogP) is 14.4. The SMILES string of the molecule is c1ccc(-c2ccccc2N(c2ccccc2-c2cccc3ccccc23)c2ccccc2-c2cccc3c2c2ccccc2n3-c2ccccc2)cc1. The van der Waals surface area contributed by atoms with Gasteiger partial charge in [0.1, 0.15) is 0 Å². The van der Waals surface area contributed by atoms with E-state index in [-0.39, 0.29) is 0 Å². The first-order valence-corrected chi connectivity index (χ1v) is 18.5. The number of hydrogen-bond donors (Lipinski definition) is 0. The highest BCUT2D eigenvalue weighted by Gasteiger charge is 2.25. The first kappa shape index (κ1) is 31.6. The standard InChI is InChI=1S/C52H36N2/c1-3-19-38(20-4-1)41-26-9-13-32-47(41)54(48-33-14-10-27-43(48)42-30-17-22-37-21-7-8-25-40(37)42)49-34-15-11-28-44(49)45-31-18-36-51-52(45)46-29-12-16-35-50(46)53(51)39-23-5-2-6-24-39/h1-36H. The first-order chi connectivity index (χ1) is 26.8. The van der Waals surface area contributed by atoms with Crippen LogP contribution in [0.25, 0.3) is 71.6 Å². The molecule has 0 atom stereocenters. The number of anilines is 3. The number of hydrogen-bond acceptors (Lipinski definition) is 1. The van der Waals surface area contributed by atoms with Crippen LogP contribution in [0.1, 0.15) is 0 Å². The molecule has 0 fully saturated rings. The molecule has 1 heterocycles. The molecular formula is C52H36N2. The van der Waals surface area contributed by atoms with Gasteiger partial charge in [-0.05, 0) is 69.9 Å². The van der Waals surface area contributed by atoms with Gasteiger partial charge in [-0.25, -0.2) is 0 Å². The van der Waals surface area contributed by atoms with Crippen molar-refractivity contribution in [2.24, 2.45) is 0 Å². The van der Waals surface area contributed by atoms with Crippen LogP contribution in [0.15, 0.2) is 218 Å². The lowest BCUT2D eigenvalue weighted by Crippen LogP contribution is -2.13. The fourth-order valence-electron chi connectivity index (χ4n) is 8.27. The molecule has 0 spiro atoms.